The predicted molar refractivity (Wildman–Crippen MR) is 93.0 cm³/mol. The van der Waals surface area contributed by atoms with Gasteiger partial charge in [0.2, 0.25) is 0 Å². The zero-order valence-corrected chi connectivity index (χ0v) is 14.0. The molecule has 0 heterocycles. The summed E-state index contributed by atoms with van der Waals surface area (Å²) in [5.74, 6) is 0.621. The zero-order chi connectivity index (χ0) is 16.0. The van der Waals surface area contributed by atoms with E-state index < -0.39 is 0 Å². The lowest BCUT2D eigenvalue weighted by atomic mass is 9.86. The number of allylic oxidation sites excluding steroid dienone is 1. The van der Waals surface area contributed by atoms with Crippen LogP contribution in [0.4, 0.5) is 10.5 Å². The average Bonchev–Trinajstić information content (AvgIpc) is 2.48. The Morgan fingerprint density at radius 2 is 1.82 bits per heavy atom. The highest BCUT2D eigenvalue weighted by atomic mass is 16.2. The molecular weight excluding hydrogens is 272 g/mol. The van der Waals surface area contributed by atoms with Gasteiger partial charge < -0.3 is 10.6 Å². The number of urea groups is 1. The number of benzene rings is 1. The Morgan fingerprint density at radius 1 is 1.14 bits per heavy atom. The fourth-order valence-corrected chi connectivity index (χ4v) is 2.99. The molecule has 120 valence electrons. The average molecular weight is 300 g/mol. The largest absolute Gasteiger partial charge is 0.323 e. The van der Waals surface area contributed by atoms with Crippen LogP contribution in [0.5, 0.6) is 0 Å². The molecule has 3 nitrogen and oxygen atoms in total. The molecule has 0 atom stereocenters. The summed E-state index contributed by atoms with van der Waals surface area (Å²) in [6, 6.07) is 7.79. The first-order valence-corrected chi connectivity index (χ1v) is 8.30. The number of amides is 2. The molecule has 2 N–H and O–H groups in total. The highest BCUT2D eigenvalue weighted by molar-refractivity contribution is 5.90. The van der Waals surface area contributed by atoms with Crippen molar-refractivity contribution in [1.82, 2.24) is 5.32 Å². The van der Waals surface area contributed by atoms with E-state index in [-0.39, 0.29) is 11.4 Å². The lowest BCUT2D eigenvalue weighted by molar-refractivity contribution is 0.255. The van der Waals surface area contributed by atoms with Gasteiger partial charge in [-0.25, -0.2) is 4.79 Å². The van der Waals surface area contributed by atoms with E-state index >= 15 is 0 Å². The molecule has 0 spiro atoms. The first-order chi connectivity index (χ1) is 10.5. The summed E-state index contributed by atoms with van der Waals surface area (Å²) < 4.78 is 0. The topological polar surface area (TPSA) is 41.1 Å². The Balaban J connectivity index is 1.91. The van der Waals surface area contributed by atoms with Crippen molar-refractivity contribution in [3.8, 4) is 0 Å². The van der Waals surface area contributed by atoms with E-state index in [1.807, 2.05) is 18.2 Å². The fourth-order valence-electron chi connectivity index (χ4n) is 2.99. The molecule has 0 aromatic heterocycles. The molecular formula is C19H28N2O. The smallest absolute Gasteiger partial charge is 0.315 e. The van der Waals surface area contributed by atoms with E-state index in [0.29, 0.717) is 5.92 Å². The molecule has 2 rings (SSSR count). The van der Waals surface area contributed by atoms with Crippen LogP contribution in [-0.2, 0) is 5.41 Å². The highest BCUT2D eigenvalue weighted by Gasteiger charge is 2.18. The molecule has 0 radical (unpaired) electrons. The molecule has 0 saturated heterocycles. The third-order valence-corrected chi connectivity index (χ3v) is 4.22. The van der Waals surface area contributed by atoms with Crippen LogP contribution in [0.3, 0.4) is 0 Å². The number of nitrogens with one attached hydrogen (secondary N) is 2. The second-order valence-corrected chi connectivity index (χ2v) is 7.15. The van der Waals surface area contributed by atoms with Crippen LogP contribution in [0.2, 0.25) is 0 Å². The lowest BCUT2D eigenvalue weighted by Crippen LogP contribution is -2.26. The molecule has 0 bridgehead atoms. The number of hydrogen-bond donors (Lipinski definition) is 2. The maximum Gasteiger partial charge on any atom is 0.323 e. The molecule has 1 saturated carbocycles. The second kappa shape index (κ2) is 7.48. The van der Waals surface area contributed by atoms with Crippen molar-refractivity contribution in [2.24, 2.45) is 5.92 Å². The number of anilines is 1. The van der Waals surface area contributed by atoms with Gasteiger partial charge in [-0.2, -0.15) is 0 Å². The van der Waals surface area contributed by atoms with Gasteiger partial charge >= 0.3 is 6.03 Å². The van der Waals surface area contributed by atoms with Crippen molar-refractivity contribution in [3.05, 3.63) is 42.1 Å². The molecule has 1 aliphatic carbocycles. The van der Waals surface area contributed by atoms with Gasteiger partial charge in [-0.1, -0.05) is 64.3 Å². The van der Waals surface area contributed by atoms with Crippen molar-refractivity contribution in [2.45, 2.75) is 58.3 Å². The Hall–Kier alpha value is -1.77. The monoisotopic (exact) mass is 300 g/mol. The molecule has 0 aliphatic heterocycles. The van der Waals surface area contributed by atoms with Crippen molar-refractivity contribution < 1.29 is 4.79 Å². The van der Waals surface area contributed by atoms with E-state index in [1.54, 1.807) is 6.20 Å². The summed E-state index contributed by atoms with van der Waals surface area (Å²) in [6.07, 6.45) is 10.4. The van der Waals surface area contributed by atoms with Crippen molar-refractivity contribution in [1.29, 1.82) is 0 Å². The fraction of sp³-hybridized carbons (Fsp3) is 0.526. The number of carbonyl (C=O) groups is 1. The summed E-state index contributed by atoms with van der Waals surface area (Å²) in [5.41, 5.74) is 2.02. The molecule has 1 aromatic rings. The third kappa shape index (κ3) is 4.90. The Kier molecular flexibility index (Phi) is 5.64. The minimum absolute atomic E-state index is 0.00180. The van der Waals surface area contributed by atoms with E-state index in [1.165, 1.54) is 32.1 Å². The first kappa shape index (κ1) is 16.6. The van der Waals surface area contributed by atoms with Crippen molar-refractivity contribution >= 4 is 11.7 Å². The number of hydrogen-bond acceptors (Lipinski definition) is 1. The molecule has 2 amide bonds. The van der Waals surface area contributed by atoms with Crippen LogP contribution in [0.25, 0.3) is 0 Å². The SMILES string of the molecule is CC(C)(C)c1ccccc1NC(=O)N/C=C/C1CCCCC1. The Labute approximate surface area is 134 Å². The third-order valence-electron chi connectivity index (χ3n) is 4.22. The van der Waals surface area contributed by atoms with Crippen molar-refractivity contribution in [2.75, 3.05) is 5.32 Å². The molecule has 0 unspecified atom stereocenters. The Morgan fingerprint density at radius 3 is 2.50 bits per heavy atom. The molecule has 1 aliphatic rings. The maximum absolute atomic E-state index is 12.1. The molecule has 3 heteroatoms. The molecule has 1 fully saturated rings. The van der Waals surface area contributed by atoms with E-state index in [4.69, 9.17) is 0 Å². The van der Waals surface area contributed by atoms with Gasteiger partial charge in [0.1, 0.15) is 0 Å². The van der Waals surface area contributed by atoms with E-state index in [9.17, 15) is 4.79 Å². The lowest BCUT2D eigenvalue weighted by Gasteiger charge is -2.23. The van der Waals surface area contributed by atoms with Gasteiger partial charge in [0.05, 0.1) is 0 Å². The summed E-state index contributed by atoms with van der Waals surface area (Å²) in [6.45, 7) is 6.44. The zero-order valence-electron chi connectivity index (χ0n) is 14.0. The van der Waals surface area contributed by atoms with Gasteiger partial charge in [0.15, 0.2) is 0 Å². The van der Waals surface area contributed by atoms with E-state index in [0.717, 1.165) is 11.3 Å². The number of rotatable bonds is 3. The summed E-state index contributed by atoms with van der Waals surface area (Å²) in [7, 11) is 0. The highest BCUT2D eigenvalue weighted by Crippen LogP contribution is 2.29. The number of carbonyl (C=O) groups excluding carboxylic acids is 1. The standard InChI is InChI=1S/C19H28N2O/c1-19(2,3)16-11-7-8-12-17(16)21-18(22)20-14-13-15-9-5-4-6-10-15/h7-8,11-15H,4-6,9-10H2,1-3H3,(H2,20,21,22)/b14-13+. The van der Waals surface area contributed by atoms with Crippen molar-refractivity contribution in [3.63, 3.8) is 0 Å². The van der Waals surface area contributed by atoms with Crippen LogP contribution in [-0.4, -0.2) is 6.03 Å². The Bertz CT molecular complexity index is 522. The number of para-hydroxylation sites is 1. The van der Waals surface area contributed by atoms with E-state index in [2.05, 4.69) is 43.5 Å². The second-order valence-electron chi connectivity index (χ2n) is 7.15. The van der Waals surface area contributed by atoms with Crippen LogP contribution in [0.15, 0.2) is 36.5 Å². The predicted octanol–water partition coefficient (Wildman–Crippen LogP) is 5.20. The quantitative estimate of drug-likeness (QED) is 0.791. The summed E-state index contributed by atoms with van der Waals surface area (Å²) in [5, 5.41) is 5.78. The van der Waals surface area contributed by atoms with Crippen LogP contribution >= 0.6 is 0 Å². The normalized spacial score (nSPS) is 16.7. The molecule has 22 heavy (non-hydrogen) atoms. The minimum Gasteiger partial charge on any atom is -0.315 e. The molecule has 1 aromatic carbocycles. The van der Waals surface area contributed by atoms with Crippen LogP contribution < -0.4 is 10.6 Å². The van der Waals surface area contributed by atoms with Gasteiger partial charge in [-0.05, 0) is 35.8 Å². The summed E-state index contributed by atoms with van der Waals surface area (Å²) in [4.78, 5) is 12.1. The van der Waals surface area contributed by atoms with Gasteiger partial charge in [0.25, 0.3) is 0 Å². The van der Waals surface area contributed by atoms with Gasteiger partial charge in [-0.3, -0.25) is 0 Å². The van der Waals surface area contributed by atoms with Gasteiger partial charge in [-0.15, -0.1) is 0 Å². The minimum atomic E-state index is -0.177. The van der Waals surface area contributed by atoms with Crippen LogP contribution in [0.1, 0.15) is 58.4 Å². The summed E-state index contributed by atoms with van der Waals surface area (Å²) >= 11 is 0. The maximum atomic E-state index is 12.1. The first-order valence-electron chi connectivity index (χ1n) is 8.30. The van der Waals surface area contributed by atoms with Gasteiger partial charge in [0, 0.05) is 11.9 Å². The van der Waals surface area contributed by atoms with Crippen LogP contribution in [0, 0.1) is 5.92 Å².